The Kier molecular flexibility index (Phi) is 8.97. The van der Waals surface area contributed by atoms with Gasteiger partial charge in [0.15, 0.2) is 11.5 Å². The molecule has 0 unspecified atom stereocenters. The fourth-order valence-corrected chi connectivity index (χ4v) is 4.73. The normalized spacial score (nSPS) is 10.8. The molecule has 0 aliphatic rings. The van der Waals surface area contributed by atoms with E-state index in [1.807, 2.05) is 77.1 Å². The molecule has 0 atom stereocenters. The standard InChI is InChI=1S/C30H32N2O5S/c1-6-34-25-18-22(19-26(35-7-2)27(25)36-8-3)30(33)37-29-28(38-24-16-14-20(4)15-17-24)21(5)31-32(29)23-12-10-9-11-13-23/h9-19H,6-8H2,1-5H3. The predicted molar refractivity (Wildman–Crippen MR) is 149 cm³/mol. The van der Waals surface area contributed by atoms with Crippen molar-refractivity contribution in [1.82, 2.24) is 9.78 Å². The summed E-state index contributed by atoms with van der Waals surface area (Å²) in [5, 5.41) is 4.72. The maximum absolute atomic E-state index is 13.6. The largest absolute Gasteiger partial charge is 0.490 e. The molecule has 0 N–H and O–H groups in total. The zero-order chi connectivity index (χ0) is 27.1. The highest BCUT2D eigenvalue weighted by atomic mass is 32.2. The van der Waals surface area contributed by atoms with Gasteiger partial charge in [-0.3, -0.25) is 0 Å². The number of aryl methyl sites for hydroxylation is 2. The third-order valence-electron chi connectivity index (χ3n) is 5.54. The number of ether oxygens (including phenoxy) is 4. The first-order chi connectivity index (χ1) is 18.4. The smallest absolute Gasteiger partial charge is 0.345 e. The second-order valence-electron chi connectivity index (χ2n) is 8.37. The Labute approximate surface area is 227 Å². The molecule has 1 aromatic heterocycles. The lowest BCUT2D eigenvalue weighted by Gasteiger charge is -2.17. The fourth-order valence-electron chi connectivity index (χ4n) is 3.82. The number of esters is 1. The minimum atomic E-state index is -0.558. The van der Waals surface area contributed by atoms with Crippen LogP contribution in [0.5, 0.6) is 23.1 Å². The molecule has 4 aromatic rings. The van der Waals surface area contributed by atoms with E-state index in [9.17, 15) is 4.79 Å². The van der Waals surface area contributed by atoms with Gasteiger partial charge in [0.1, 0.15) is 0 Å². The van der Waals surface area contributed by atoms with Gasteiger partial charge in [-0.1, -0.05) is 47.7 Å². The van der Waals surface area contributed by atoms with Crippen molar-refractivity contribution in [3.8, 4) is 28.8 Å². The van der Waals surface area contributed by atoms with Crippen LogP contribution < -0.4 is 18.9 Å². The molecule has 7 nitrogen and oxygen atoms in total. The lowest BCUT2D eigenvalue weighted by Crippen LogP contribution is -2.13. The molecule has 0 amide bonds. The second-order valence-corrected chi connectivity index (χ2v) is 9.46. The number of hydrogen-bond donors (Lipinski definition) is 0. The number of benzene rings is 3. The molecular formula is C30H32N2O5S. The lowest BCUT2D eigenvalue weighted by molar-refractivity contribution is 0.0717. The van der Waals surface area contributed by atoms with Gasteiger partial charge in [0.2, 0.25) is 11.6 Å². The Bertz CT molecular complexity index is 1360. The molecule has 1 heterocycles. The van der Waals surface area contributed by atoms with E-state index >= 15 is 0 Å². The number of aromatic nitrogens is 2. The zero-order valence-corrected chi connectivity index (χ0v) is 23.1. The molecule has 0 aliphatic carbocycles. The van der Waals surface area contributed by atoms with Crippen LogP contribution in [0.4, 0.5) is 0 Å². The van der Waals surface area contributed by atoms with Crippen molar-refractivity contribution in [2.45, 2.75) is 44.4 Å². The van der Waals surface area contributed by atoms with Crippen LogP contribution in [-0.2, 0) is 0 Å². The van der Waals surface area contributed by atoms with E-state index in [1.54, 1.807) is 16.8 Å². The topological polar surface area (TPSA) is 71.8 Å². The molecule has 0 saturated carbocycles. The van der Waals surface area contributed by atoms with E-state index in [0.717, 1.165) is 21.2 Å². The van der Waals surface area contributed by atoms with Crippen LogP contribution in [0.2, 0.25) is 0 Å². The van der Waals surface area contributed by atoms with E-state index in [2.05, 4.69) is 12.1 Å². The summed E-state index contributed by atoms with van der Waals surface area (Å²) in [5.74, 6) is 1.10. The van der Waals surface area contributed by atoms with Gasteiger partial charge in [0.25, 0.3) is 0 Å². The number of para-hydroxylation sites is 1. The van der Waals surface area contributed by atoms with Crippen molar-refractivity contribution in [2.75, 3.05) is 19.8 Å². The van der Waals surface area contributed by atoms with Crippen molar-refractivity contribution in [1.29, 1.82) is 0 Å². The molecule has 0 bridgehead atoms. The van der Waals surface area contributed by atoms with Crippen molar-refractivity contribution >= 4 is 17.7 Å². The van der Waals surface area contributed by atoms with Gasteiger partial charge in [0, 0.05) is 4.90 Å². The molecule has 8 heteroatoms. The van der Waals surface area contributed by atoms with Crippen molar-refractivity contribution in [3.05, 3.63) is 83.6 Å². The van der Waals surface area contributed by atoms with Crippen LogP contribution in [0.15, 0.2) is 76.5 Å². The average Bonchev–Trinajstić information content (AvgIpc) is 3.22. The molecule has 0 fully saturated rings. The predicted octanol–water partition coefficient (Wildman–Crippen LogP) is 7.06. The lowest BCUT2D eigenvalue weighted by atomic mass is 10.2. The van der Waals surface area contributed by atoms with Crippen LogP contribution in [0, 0.1) is 13.8 Å². The number of hydrogen-bond acceptors (Lipinski definition) is 7. The molecule has 198 valence electrons. The minimum Gasteiger partial charge on any atom is -0.490 e. The molecular weight excluding hydrogens is 500 g/mol. The first-order valence-electron chi connectivity index (χ1n) is 12.6. The minimum absolute atomic E-state index is 0.283. The second kappa shape index (κ2) is 12.6. The summed E-state index contributed by atoms with van der Waals surface area (Å²) in [4.78, 5) is 15.4. The Hall–Kier alpha value is -3.91. The van der Waals surface area contributed by atoms with E-state index in [4.69, 9.17) is 24.0 Å². The summed E-state index contributed by atoms with van der Waals surface area (Å²) in [6, 6.07) is 21.0. The van der Waals surface area contributed by atoms with Crippen LogP contribution in [-0.4, -0.2) is 35.6 Å². The molecule has 0 aliphatic heterocycles. The van der Waals surface area contributed by atoms with Crippen LogP contribution in [0.25, 0.3) is 5.69 Å². The van der Waals surface area contributed by atoms with Crippen LogP contribution in [0.1, 0.15) is 42.4 Å². The van der Waals surface area contributed by atoms with Crippen molar-refractivity contribution in [3.63, 3.8) is 0 Å². The van der Waals surface area contributed by atoms with E-state index < -0.39 is 5.97 Å². The summed E-state index contributed by atoms with van der Waals surface area (Å²) in [7, 11) is 0. The van der Waals surface area contributed by atoms with Gasteiger partial charge in [-0.05, 0) is 71.0 Å². The Morgan fingerprint density at radius 3 is 2.03 bits per heavy atom. The average molecular weight is 533 g/mol. The third kappa shape index (κ3) is 6.14. The van der Waals surface area contributed by atoms with Gasteiger partial charge < -0.3 is 18.9 Å². The van der Waals surface area contributed by atoms with Gasteiger partial charge in [-0.15, -0.1) is 0 Å². The Morgan fingerprint density at radius 2 is 1.45 bits per heavy atom. The summed E-state index contributed by atoms with van der Waals surface area (Å²) in [5.41, 5.74) is 2.98. The van der Waals surface area contributed by atoms with Crippen molar-refractivity contribution < 1.29 is 23.7 Å². The number of rotatable bonds is 11. The number of nitrogens with zero attached hydrogens (tertiary/aromatic N) is 2. The first kappa shape index (κ1) is 27.1. The maximum Gasteiger partial charge on any atom is 0.345 e. The van der Waals surface area contributed by atoms with Crippen LogP contribution in [0.3, 0.4) is 0 Å². The molecule has 4 rings (SSSR count). The molecule has 0 saturated heterocycles. The van der Waals surface area contributed by atoms with E-state index in [0.29, 0.717) is 42.9 Å². The van der Waals surface area contributed by atoms with Gasteiger partial charge in [0.05, 0.1) is 41.7 Å². The summed E-state index contributed by atoms with van der Waals surface area (Å²) in [6.07, 6.45) is 0. The highest BCUT2D eigenvalue weighted by molar-refractivity contribution is 7.99. The first-order valence-corrected chi connectivity index (χ1v) is 13.4. The highest BCUT2D eigenvalue weighted by Gasteiger charge is 2.25. The summed E-state index contributed by atoms with van der Waals surface area (Å²) in [6.45, 7) is 10.8. The Balaban J connectivity index is 1.77. The van der Waals surface area contributed by atoms with Gasteiger partial charge in [-0.2, -0.15) is 9.78 Å². The van der Waals surface area contributed by atoms with Gasteiger partial charge in [-0.25, -0.2) is 4.79 Å². The Morgan fingerprint density at radius 1 is 0.842 bits per heavy atom. The molecule has 3 aromatic carbocycles. The molecule has 0 spiro atoms. The third-order valence-corrected chi connectivity index (χ3v) is 6.72. The highest BCUT2D eigenvalue weighted by Crippen LogP contribution is 2.41. The number of carbonyl (C=O) groups is 1. The van der Waals surface area contributed by atoms with E-state index in [-0.39, 0.29) is 5.56 Å². The SMILES string of the molecule is CCOc1cc(C(=O)Oc2c(Sc3ccc(C)cc3)c(C)nn2-c2ccccc2)cc(OCC)c1OCC. The zero-order valence-electron chi connectivity index (χ0n) is 22.3. The summed E-state index contributed by atoms with van der Waals surface area (Å²) >= 11 is 1.50. The molecule has 38 heavy (non-hydrogen) atoms. The fraction of sp³-hybridized carbons (Fsp3) is 0.267. The maximum atomic E-state index is 13.6. The van der Waals surface area contributed by atoms with Gasteiger partial charge >= 0.3 is 5.97 Å². The number of carbonyl (C=O) groups excluding carboxylic acids is 1. The van der Waals surface area contributed by atoms with Crippen molar-refractivity contribution in [2.24, 2.45) is 0 Å². The quantitative estimate of drug-likeness (QED) is 0.192. The molecule has 0 radical (unpaired) electrons. The monoisotopic (exact) mass is 532 g/mol. The summed E-state index contributed by atoms with van der Waals surface area (Å²) < 4.78 is 25.1. The van der Waals surface area contributed by atoms with Crippen LogP contribution >= 0.6 is 11.8 Å². The van der Waals surface area contributed by atoms with E-state index in [1.165, 1.54) is 17.3 Å².